The smallest absolute Gasteiger partial charge is 0.235 e. The fraction of sp³-hybridized carbons (Fsp3) is 0.688. The Kier molecular flexibility index (Phi) is 5.56. The van der Waals surface area contributed by atoms with Crippen molar-refractivity contribution in [2.24, 2.45) is 0 Å². The molecule has 0 saturated heterocycles. The summed E-state index contributed by atoms with van der Waals surface area (Å²) in [6.07, 6.45) is 8.34. The van der Waals surface area contributed by atoms with Crippen LogP contribution in [-0.4, -0.2) is 33.8 Å². The first kappa shape index (κ1) is 16.5. The first-order chi connectivity index (χ1) is 10.6. The van der Waals surface area contributed by atoms with E-state index in [9.17, 15) is 10.1 Å². The van der Waals surface area contributed by atoms with E-state index in [1.54, 1.807) is 6.20 Å². The van der Waals surface area contributed by atoms with Crippen molar-refractivity contribution in [2.75, 3.05) is 6.54 Å². The summed E-state index contributed by atoms with van der Waals surface area (Å²) in [5, 5.41) is 19.7. The molecule has 0 aromatic carbocycles. The molecule has 1 amide bonds. The number of carbonyl (C=O) groups is 1. The highest BCUT2D eigenvalue weighted by Crippen LogP contribution is 2.27. The van der Waals surface area contributed by atoms with Crippen LogP contribution in [0.2, 0.25) is 0 Å². The third-order valence-electron chi connectivity index (χ3n) is 4.55. The number of nitrogens with zero attached hydrogens (tertiary/aromatic N) is 3. The van der Waals surface area contributed by atoms with Crippen molar-refractivity contribution in [1.29, 1.82) is 5.26 Å². The summed E-state index contributed by atoms with van der Waals surface area (Å²) in [7, 11) is 0. The Morgan fingerprint density at radius 2 is 2.14 bits per heavy atom. The lowest BCUT2D eigenvalue weighted by atomic mass is 9.83. The van der Waals surface area contributed by atoms with Gasteiger partial charge in [-0.05, 0) is 32.8 Å². The number of hydrogen-bond donors (Lipinski definition) is 2. The molecule has 6 nitrogen and oxygen atoms in total. The predicted octanol–water partition coefficient (Wildman–Crippen LogP) is 1.76. The summed E-state index contributed by atoms with van der Waals surface area (Å²) in [6.45, 7) is 4.30. The van der Waals surface area contributed by atoms with Gasteiger partial charge in [0.1, 0.15) is 5.54 Å². The Morgan fingerprint density at radius 1 is 1.41 bits per heavy atom. The van der Waals surface area contributed by atoms with Crippen LogP contribution in [0.1, 0.15) is 52.0 Å². The van der Waals surface area contributed by atoms with Crippen molar-refractivity contribution in [3.8, 4) is 6.07 Å². The number of nitrogens with one attached hydrogen (secondary N) is 2. The van der Waals surface area contributed by atoms with Gasteiger partial charge in [-0.2, -0.15) is 10.4 Å². The zero-order valence-electron chi connectivity index (χ0n) is 13.4. The maximum absolute atomic E-state index is 12.1. The van der Waals surface area contributed by atoms with Crippen LogP contribution in [0.25, 0.3) is 0 Å². The molecule has 1 aliphatic rings. The van der Waals surface area contributed by atoms with Gasteiger partial charge >= 0.3 is 0 Å². The maximum atomic E-state index is 12.1. The van der Waals surface area contributed by atoms with Crippen molar-refractivity contribution in [3.05, 3.63) is 18.5 Å². The van der Waals surface area contributed by atoms with Gasteiger partial charge in [0.15, 0.2) is 0 Å². The molecule has 1 saturated carbocycles. The molecule has 1 heterocycles. The Labute approximate surface area is 131 Å². The molecule has 0 aliphatic heterocycles. The molecular weight excluding hydrogens is 278 g/mol. The van der Waals surface area contributed by atoms with Gasteiger partial charge in [0.2, 0.25) is 5.91 Å². The van der Waals surface area contributed by atoms with Crippen LogP contribution in [-0.2, 0) is 4.79 Å². The molecule has 1 aromatic rings. The minimum atomic E-state index is -0.659. The first-order valence-electron chi connectivity index (χ1n) is 8.01. The van der Waals surface area contributed by atoms with E-state index in [1.165, 1.54) is 0 Å². The molecule has 1 aliphatic carbocycles. The number of hydrogen-bond acceptors (Lipinski definition) is 4. The molecule has 1 fully saturated rings. The van der Waals surface area contributed by atoms with E-state index in [1.807, 2.05) is 23.9 Å². The second kappa shape index (κ2) is 7.41. The van der Waals surface area contributed by atoms with Crippen LogP contribution in [0.4, 0.5) is 0 Å². The summed E-state index contributed by atoms with van der Waals surface area (Å²) in [6, 6.07) is 4.45. The van der Waals surface area contributed by atoms with Crippen LogP contribution in [0.3, 0.4) is 0 Å². The topological polar surface area (TPSA) is 82.7 Å². The van der Waals surface area contributed by atoms with Crippen molar-refractivity contribution >= 4 is 5.91 Å². The maximum Gasteiger partial charge on any atom is 0.235 e. The Hall–Kier alpha value is -1.87. The molecule has 2 atom stereocenters. The molecule has 0 spiro atoms. The third kappa shape index (κ3) is 4.08. The van der Waals surface area contributed by atoms with E-state index in [0.717, 1.165) is 32.1 Å². The molecule has 6 heteroatoms. The average Bonchev–Trinajstić information content (AvgIpc) is 3.07. The molecule has 1 aromatic heterocycles. The lowest BCUT2D eigenvalue weighted by Crippen LogP contribution is -2.52. The minimum Gasteiger partial charge on any atom is -0.337 e. The highest BCUT2D eigenvalue weighted by Gasteiger charge is 2.33. The zero-order valence-corrected chi connectivity index (χ0v) is 13.4. The van der Waals surface area contributed by atoms with Gasteiger partial charge < -0.3 is 10.6 Å². The SMILES string of the molecule is C[C@@H](NCC(=O)NC1(C#N)CCCCC1)[C@H](C)n1cccn1. The van der Waals surface area contributed by atoms with Crippen molar-refractivity contribution in [2.45, 2.75) is 63.6 Å². The van der Waals surface area contributed by atoms with E-state index >= 15 is 0 Å². The quantitative estimate of drug-likeness (QED) is 0.839. The van der Waals surface area contributed by atoms with Crippen LogP contribution >= 0.6 is 0 Å². The lowest BCUT2D eigenvalue weighted by Gasteiger charge is -2.32. The van der Waals surface area contributed by atoms with Crippen LogP contribution in [0.15, 0.2) is 18.5 Å². The molecule has 2 N–H and O–H groups in total. The van der Waals surface area contributed by atoms with Gasteiger partial charge in [-0.15, -0.1) is 0 Å². The molecule has 2 rings (SSSR count). The molecule has 120 valence electrons. The number of rotatable bonds is 6. The fourth-order valence-corrected chi connectivity index (χ4v) is 2.91. The summed E-state index contributed by atoms with van der Waals surface area (Å²) >= 11 is 0. The Morgan fingerprint density at radius 3 is 2.73 bits per heavy atom. The number of aromatic nitrogens is 2. The fourth-order valence-electron chi connectivity index (χ4n) is 2.91. The van der Waals surface area contributed by atoms with Gasteiger partial charge in [0.05, 0.1) is 18.7 Å². The van der Waals surface area contributed by atoms with E-state index in [2.05, 4.69) is 28.7 Å². The first-order valence-corrected chi connectivity index (χ1v) is 8.01. The van der Waals surface area contributed by atoms with Crippen LogP contribution in [0, 0.1) is 11.3 Å². The van der Waals surface area contributed by atoms with Crippen LogP contribution in [0.5, 0.6) is 0 Å². The molecule has 22 heavy (non-hydrogen) atoms. The largest absolute Gasteiger partial charge is 0.337 e. The predicted molar refractivity (Wildman–Crippen MR) is 84.0 cm³/mol. The van der Waals surface area contributed by atoms with Gasteiger partial charge in [-0.3, -0.25) is 9.48 Å². The Balaban J connectivity index is 1.81. The van der Waals surface area contributed by atoms with Crippen molar-refractivity contribution in [1.82, 2.24) is 20.4 Å². The van der Waals surface area contributed by atoms with Gasteiger partial charge in [-0.25, -0.2) is 0 Å². The molecule has 0 bridgehead atoms. The van der Waals surface area contributed by atoms with Crippen LogP contribution < -0.4 is 10.6 Å². The molecular formula is C16H25N5O. The van der Waals surface area contributed by atoms with E-state index in [-0.39, 0.29) is 24.5 Å². The van der Waals surface area contributed by atoms with Crippen molar-refractivity contribution < 1.29 is 4.79 Å². The van der Waals surface area contributed by atoms with Gasteiger partial charge in [0, 0.05) is 18.4 Å². The average molecular weight is 303 g/mol. The summed E-state index contributed by atoms with van der Waals surface area (Å²) in [5.41, 5.74) is -0.659. The minimum absolute atomic E-state index is 0.107. The second-order valence-corrected chi connectivity index (χ2v) is 6.20. The zero-order chi connectivity index (χ0) is 16.0. The lowest BCUT2D eigenvalue weighted by molar-refractivity contribution is -0.122. The number of carbonyl (C=O) groups excluding carboxylic acids is 1. The van der Waals surface area contributed by atoms with Gasteiger partial charge in [-0.1, -0.05) is 19.3 Å². The second-order valence-electron chi connectivity index (χ2n) is 6.20. The third-order valence-corrected chi connectivity index (χ3v) is 4.55. The van der Waals surface area contributed by atoms with E-state index in [0.29, 0.717) is 0 Å². The summed E-state index contributed by atoms with van der Waals surface area (Å²) < 4.78 is 1.87. The molecule has 0 radical (unpaired) electrons. The molecule has 0 unspecified atom stereocenters. The number of amides is 1. The highest BCUT2D eigenvalue weighted by atomic mass is 16.2. The number of nitriles is 1. The Bertz CT molecular complexity index is 513. The van der Waals surface area contributed by atoms with E-state index < -0.39 is 5.54 Å². The standard InChI is InChI=1S/C16H25N5O/c1-13(14(2)21-10-6-9-19-21)18-11-15(22)20-16(12-17)7-4-3-5-8-16/h6,9-10,13-14,18H,3-5,7-8,11H2,1-2H3,(H,20,22)/t13-,14+/m1/s1. The normalized spacial score (nSPS) is 19.9. The van der Waals surface area contributed by atoms with E-state index in [4.69, 9.17) is 0 Å². The summed E-state index contributed by atoms with van der Waals surface area (Å²) in [5.74, 6) is -0.108. The summed E-state index contributed by atoms with van der Waals surface area (Å²) in [4.78, 5) is 12.1. The van der Waals surface area contributed by atoms with Crippen molar-refractivity contribution in [3.63, 3.8) is 0 Å². The monoisotopic (exact) mass is 303 g/mol. The van der Waals surface area contributed by atoms with Gasteiger partial charge in [0.25, 0.3) is 0 Å². The highest BCUT2D eigenvalue weighted by molar-refractivity contribution is 5.79.